The number of nitrogen functional groups attached to an aromatic ring is 2. The van der Waals surface area contributed by atoms with Gasteiger partial charge in [-0.3, -0.25) is 9.59 Å². The number of aromatic nitrogens is 2. The molecule has 0 fully saturated rings. The maximum atomic E-state index is 12.2. The molecule has 0 radical (unpaired) electrons. The SMILES string of the molecule is CN(CCCNC(=O)CCc1ccc(Cl)cc1)CCNC(=O)c1nc(Cl)c(N)nc1N. The van der Waals surface area contributed by atoms with Crippen LogP contribution in [-0.4, -0.2) is 59.9 Å². The first-order valence-corrected chi connectivity index (χ1v) is 10.6. The number of halogens is 2. The van der Waals surface area contributed by atoms with Crippen molar-refractivity contribution in [1.29, 1.82) is 0 Å². The molecule has 31 heavy (non-hydrogen) atoms. The van der Waals surface area contributed by atoms with Crippen LogP contribution in [0.2, 0.25) is 10.2 Å². The van der Waals surface area contributed by atoms with E-state index in [-0.39, 0.29) is 28.4 Å². The number of likely N-dealkylation sites (N-methyl/N-ethyl adjacent to an activating group) is 1. The van der Waals surface area contributed by atoms with Gasteiger partial charge in [0, 0.05) is 31.1 Å². The molecule has 9 nitrogen and oxygen atoms in total. The highest BCUT2D eigenvalue weighted by atomic mass is 35.5. The van der Waals surface area contributed by atoms with Gasteiger partial charge in [0.2, 0.25) is 5.91 Å². The number of anilines is 2. The van der Waals surface area contributed by atoms with E-state index >= 15 is 0 Å². The van der Waals surface area contributed by atoms with E-state index in [9.17, 15) is 9.59 Å². The van der Waals surface area contributed by atoms with Crippen molar-refractivity contribution in [1.82, 2.24) is 25.5 Å². The van der Waals surface area contributed by atoms with Crippen molar-refractivity contribution in [2.75, 3.05) is 44.7 Å². The molecule has 0 aliphatic carbocycles. The smallest absolute Gasteiger partial charge is 0.273 e. The second kappa shape index (κ2) is 12.3. The minimum Gasteiger partial charge on any atom is -0.382 e. The summed E-state index contributed by atoms with van der Waals surface area (Å²) in [6.07, 6.45) is 1.91. The summed E-state index contributed by atoms with van der Waals surface area (Å²) in [5, 5.41) is 6.26. The van der Waals surface area contributed by atoms with Crippen molar-refractivity contribution in [3.8, 4) is 0 Å². The van der Waals surface area contributed by atoms with Crippen LogP contribution in [0.3, 0.4) is 0 Å². The van der Waals surface area contributed by atoms with E-state index in [0.717, 1.165) is 18.5 Å². The highest BCUT2D eigenvalue weighted by molar-refractivity contribution is 6.31. The normalized spacial score (nSPS) is 10.8. The molecule has 0 bridgehead atoms. The molecule has 2 rings (SSSR count). The van der Waals surface area contributed by atoms with Gasteiger partial charge in [-0.05, 0) is 44.1 Å². The maximum absolute atomic E-state index is 12.2. The summed E-state index contributed by atoms with van der Waals surface area (Å²) >= 11 is 11.6. The molecule has 0 aliphatic heterocycles. The monoisotopic (exact) mass is 467 g/mol. The first-order valence-electron chi connectivity index (χ1n) is 9.82. The van der Waals surface area contributed by atoms with Crippen molar-refractivity contribution in [3.63, 3.8) is 0 Å². The van der Waals surface area contributed by atoms with Crippen LogP contribution in [-0.2, 0) is 11.2 Å². The summed E-state index contributed by atoms with van der Waals surface area (Å²) in [5.74, 6) is -0.536. The first kappa shape index (κ1) is 24.6. The lowest BCUT2D eigenvalue weighted by Gasteiger charge is -2.17. The van der Waals surface area contributed by atoms with E-state index in [2.05, 4.69) is 20.6 Å². The van der Waals surface area contributed by atoms with Gasteiger partial charge in [-0.1, -0.05) is 35.3 Å². The van der Waals surface area contributed by atoms with Gasteiger partial charge in [-0.15, -0.1) is 0 Å². The molecule has 0 atom stereocenters. The number of nitrogens with two attached hydrogens (primary N) is 2. The molecule has 1 aromatic heterocycles. The summed E-state index contributed by atoms with van der Waals surface area (Å²) in [6, 6.07) is 7.48. The number of aryl methyl sites for hydroxylation is 1. The zero-order valence-electron chi connectivity index (χ0n) is 17.3. The lowest BCUT2D eigenvalue weighted by atomic mass is 10.1. The van der Waals surface area contributed by atoms with Crippen LogP contribution in [0.5, 0.6) is 0 Å². The number of carbonyl (C=O) groups excluding carboxylic acids is 2. The molecule has 0 saturated heterocycles. The van der Waals surface area contributed by atoms with Gasteiger partial charge in [-0.2, -0.15) is 0 Å². The van der Waals surface area contributed by atoms with E-state index in [1.165, 1.54) is 0 Å². The van der Waals surface area contributed by atoms with Gasteiger partial charge in [0.15, 0.2) is 22.5 Å². The molecule has 0 unspecified atom stereocenters. The Kier molecular flexibility index (Phi) is 9.77. The van der Waals surface area contributed by atoms with E-state index < -0.39 is 5.91 Å². The minimum atomic E-state index is -0.465. The largest absolute Gasteiger partial charge is 0.382 e. The standard InChI is InChI=1S/C20H27Cl2N7O2/c1-29(12-10-26-20(31)16-18(23)28-19(24)17(22)27-16)11-2-9-25-15(30)8-5-13-3-6-14(21)7-4-13/h3-4,6-7H,2,5,8-12H2,1H3,(H,25,30)(H,26,31)(H4,23,24,28). The minimum absolute atomic E-state index is 0.0192. The summed E-state index contributed by atoms with van der Waals surface area (Å²) in [5.41, 5.74) is 12.2. The number of benzene rings is 1. The Morgan fingerprint density at radius 3 is 2.42 bits per heavy atom. The number of hydrogen-bond acceptors (Lipinski definition) is 7. The highest BCUT2D eigenvalue weighted by Crippen LogP contribution is 2.17. The average Bonchev–Trinajstić information content (AvgIpc) is 2.73. The number of hydrogen-bond donors (Lipinski definition) is 4. The van der Waals surface area contributed by atoms with Crippen molar-refractivity contribution < 1.29 is 9.59 Å². The number of nitrogens with zero attached hydrogens (tertiary/aromatic N) is 3. The Bertz CT molecular complexity index is 894. The summed E-state index contributed by atoms with van der Waals surface area (Å²) in [7, 11) is 1.93. The van der Waals surface area contributed by atoms with Gasteiger partial charge < -0.3 is 27.0 Å². The molecule has 0 spiro atoms. The second-order valence-corrected chi connectivity index (χ2v) is 7.82. The van der Waals surface area contributed by atoms with Crippen LogP contribution >= 0.6 is 23.2 Å². The van der Waals surface area contributed by atoms with Gasteiger partial charge in [0.1, 0.15) is 0 Å². The molecule has 1 heterocycles. The third-order valence-corrected chi connectivity index (χ3v) is 5.02. The maximum Gasteiger partial charge on any atom is 0.273 e. The third-order valence-electron chi connectivity index (χ3n) is 4.49. The molecular formula is C20H27Cl2N7O2. The molecule has 11 heteroatoms. The Morgan fingerprint density at radius 1 is 1.00 bits per heavy atom. The van der Waals surface area contributed by atoms with Crippen molar-refractivity contribution in [2.24, 2.45) is 0 Å². The topological polar surface area (TPSA) is 139 Å². The van der Waals surface area contributed by atoms with E-state index in [1.807, 2.05) is 36.2 Å². The molecule has 2 aromatic rings. The average molecular weight is 468 g/mol. The van der Waals surface area contributed by atoms with E-state index in [4.69, 9.17) is 34.7 Å². The molecule has 1 aromatic carbocycles. The quantitative estimate of drug-likeness (QED) is 0.369. The molecule has 0 aliphatic rings. The Balaban J connectivity index is 1.58. The Hall–Kier alpha value is -2.62. The summed E-state index contributed by atoms with van der Waals surface area (Å²) in [4.78, 5) is 33.8. The third kappa shape index (κ3) is 8.56. The lowest BCUT2D eigenvalue weighted by molar-refractivity contribution is -0.121. The molecular weight excluding hydrogens is 441 g/mol. The summed E-state index contributed by atoms with van der Waals surface area (Å²) < 4.78 is 0. The zero-order valence-corrected chi connectivity index (χ0v) is 18.8. The van der Waals surface area contributed by atoms with Crippen molar-refractivity contribution >= 4 is 46.7 Å². The zero-order chi connectivity index (χ0) is 22.8. The van der Waals surface area contributed by atoms with Crippen LogP contribution in [0.1, 0.15) is 28.9 Å². The van der Waals surface area contributed by atoms with Gasteiger partial charge >= 0.3 is 0 Å². The highest BCUT2D eigenvalue weighted by Gasteiger charge is 2.15. The molecule has 168 valence electrons. The second-order valence-electron chi connectivity index (χ2n) is 7.02. The number of nitrogens with one attached hydrogen (secondary N) is 2. The van der Waals surface area contributed by atoms with Crippen LogP contribution in [0.25, 0.3) is 0 Å². The van der Waals surface area contributed by atoms with Crippen molar-refractivity contribution in [3.05, 3.63) is 45.7 Å². The number of amides is 2. The predicted molar refractivity (Wildman–Crippen MR) is 123 cm³/mol. The van der Waals surface area contributed by atoms with Crippen molar-refractivity contribution in [2.45, 2.75) is 19.3 Å². The molecule has 2 amide bonds. The van der Waals surface area contributed by atoms with Gasteiger partial charge in [-0.25, -0.2) is 9.97 Å². The fraction of sp³-hybridized carbons (Fsp3) is 0.400. The number of carbonyl (C=O) groups is 2. The molecule has 0 saturated carbocycles. The van der Waals surface area contributed by atoms with Gasteiger partial charge in [0.25, 0.3) is 5.91 Å². The Morgan fingerprint density at radius 2 is 1.71 bits per heavy atom. The van der Waals surface area contributed by atoms with Gasteiger partial charge in [0.05, 0.1) is 0 Å². The fourth-order valence-corrected chi connectivity index (χ4v) is 2.99. The predicted octanol–water partition coefficient (Wildman–Crippen LogP) is 1.75. The lowest BCUT2D eigenvalue weighted by Crippen LogP contribution is -2.35. The van der Waals surface area contributed by atoms with Crippen LogP contribution in [0.15, 0.2) is 24.3 Å². The number of rotatable bonds is 11. The molecule has 6 N–H and O–H groups in total. The van der Waals surface area contributed by atoms with E-state index in [0.29, 0.717) is 37.5 Å². The van der Waals surface area contributed by atoms with Crippen LogP contribution in [0, 0.1) is 0 Å². The fourth-order valence-electron chi connectivity index (χ4n) is 2.74. The van der Waals surface area contributed by atoms with E-state index in [1.54, 1.807) is 0 Å². The van der Waals surface area contributed by atoms with Crippen LogP contribution in [0.4, 0.5) is 11.6 Å². The first-order chi connectivity index (χ1) is 14.8. The van der Waals surface area contributed by atoms with Crippen LogP contribution < -0.4 is 22.1 Å². The Labute approximate surface area is 191 Å². The summed E-state index contributed by atoms with van der Waals surface area (Å²) in [6.45, 7) is 2.37.